The topological polar surface area (TPSA) is 42.7 Å². The molecule has 1 aromatic heterocycles. The molecule has 4 nitrogen and oxygen atoms in total. The lowest BCUT2D eigenvalue weighted by molar-refractivity contribution is 0.493. The second-order valence-corrected chi connectivity index (χ2v) is 4.55. The lowest BCUT2D eigenvalue weighted by atomic mass is 10.0. The number of hydrogen-bond donors (Lipinski definition) is 1. The second-order valence-electron chi connectivity index (χ2n) is 4.55. The average molecular weight is 280 g/mol. The number of nitrogens with one attached hydrogen (secondary N) is 1. The minimum Gasteiger partial charge on any atom is -0.305 e. The standard InChI is InChI=1S/C14H18F2N4/c1-3-7-20-13(9-18-19-20)14(17-4-2)10-5-6-11(15)12(16)8-10/h5-6,8-9,14,17H,3-4,7H2,1-2H3. The Morgan fingerprint density at radius 2 is 2.05 bits per heavy atom. The Morgan fingerprint density at radius 3 is 2.70 bits per heavy atom. The van der Waals surface area contributed by atoms with Gasteiger partial charge in [0.1, 0.15) is 0 Å². The zero-order valence-corrected chi connectivity index (χ0v) is 11.6. The fraction of sp³-hybridized carbons (Fsp3) is 0.429. The molecule has 0 aliphatic heterocycles. The van der Waals surface area contributed by atoms with E-state index in [1.54, 1.807) is 16.9 Å². The van der Waals surface area contributed by atoms with E-state index in [0.717, 1.165) is 24.7 Å². The van der Waals surface area contributed by atoms with Gasteiger partial charge < -0.3 is 5.32 Å². The van der Waals surface area contributed by atoms with E-state index in [4.69, 9.17) is 0 Å². The molecule has 2 rings (SSSR count). The van der Waals surface area contributed by atoms with E-state index in [2.05, 4.69) is 15.6 Å². The van der Waals surface area contributed by atoms with E-state index in [9.17, 15) is 8.78 Å². The molecule has 1 aromatic carbocycles. The Kier molecular flexibility index (Phi) is 4.79. The molecule has 2 aromatic rings. The van der Waals surface area contributed by atoms with Crippen LogP contribution in [0.15, 0.2) is 24.4 Å². The molecule has 0 saturated carbocycles. The second kappa shape index (κ2) is 6.56. The number of halogens is 2. The van der Waals surface area contributed by atoms with Gasteiger partial charge in [0.2, 0.25) is 0 Å². The van der Waals surface area contributed by atoms with Crippen LogP contribution in [0.3, 0.4) is 0 Å². The van der Waals surface area contributed by atoms with E-state index in [1.807, 2.05) is 13.8 Å². The van der Waals surface area contributed by atoms with E-state index >= 15 is 0 Å². The third-order valence-electron chi connectivity index (χ3n) is 3.06. The molecule has 20 heavy (non-hydrogen) atoms. The number of benzene rings is 1. The van der Waals surface area contributed by atoms with Gasteiger partial charge in [-0.1, -0.05) is 25.1 Å². The summed E-state index contributed by atoms with van der Waals surface area (Å²) in [7, 11) is 0. The van der Waals surface area contributed by atoms with Gasteiger partial charge in [-0.05, 0) is 30.7 Å². The van der Waals surface area contributed by atoms with Crippen LogP contribution in [0.2, 0.25) is 0 Å². The van der Waals surface area contributed by atoms with Crippen molar-refractivity contribution in [3.63, 3.8) is 0 Å². The van der Waals surface area contributed by atoms with Crippen LogP contribution < -0.4 is 5.32 Å². The van der Waals surface area contributed by atoms with Crippen LogP contribution in [0.4, 0.5) is 8.78 Å². The van der Waals surface area contributed by atoms with Crippen molar-refractivity contribution in [1.82, 2.24) is 20.3 Å². The highest BCUT2D eigenvalue weighted by Gasteiger charge is 2.19. The smallest absolute Gasteiger partial charge is 0.159 e. The van der Waals surface area contributed by atoms with Crippen LogP contribution in [-0.4, -0.2) is 21.5 Å². The first kappa shape index (κ1) is 14.6. The SMILES string of the molecule is CCCn1nncc1C(NCC)c1ccc(F)c(F)c1. The van der Waals surface area contributed by atoms with Gasteiger partial charge in [0.05, 0.1) is 17.9 Å². The maximum Gasteiger partial charge on any atom is 0.159 e. The van der Waals surface area contributed by atoms with Crippen molar-refractivity contribution < 1.29 is 8.78 Å². The monoisotopic (exact) mass is 280 g/mol. The Labute approximate surface area is 116 Å². The van der Waals surface area contributed by atoms with E-state index in [1.165, 1.54) is 6.07 Å². The van der Waals surface area contributed by atoms with Gasteiger partial charge in [0.25, 0.3) is 0 Å². The largest absolute Gasteiger partial charge is 0.305 e. The number of nitrogens with zero attached hydrogens (tertiary/aromatic N) is 3. The first-order valence-corrected chi connectivity index (χ1v) is 6.74. The van der Waals surface area contributed by atoms with Crippen LogP contribution in [0.5, 0.6) is 0 Å². The molecular weight excluding hydrogens is 262 g/mol. The molecule has 0 fully saturated rings. The van der Waals surface area contributed by atoms with Crippen LogP contribution in [-0.2, 0) is 6.54 Å². The first-order chi connectivity index (χ1) is 9.67. The predicted octanol–water partition coefficient (Wildman–Crippen LogP) is 2.67. The first-order valence-electron chi connectivity index (χ1n) is 6.74. The van der Waals surface area contributed by atoms with E-state index in [0.29, 0.717) is 12.1 Å². The van der Waals surface area contributed by atoms with E-state index < -0.39 is 11.6 Å². The lowest BCUT2D eigenvalue weighted by Crippen LogP contribution is -2.25. The maximum absolute atomic E-state index is 13.4. The van der Waals surface area contributed by atoms with Gasteiger partial charge in [-0.15, -0.1) is 5.10 Å². The molecule has 0 saturated heterocycles. The summed E-state index contributed by atoms with van der Waals surface area (Å²) >= 11 is 0. The Bertz CT molecular complexity index is 568. The number of rotatable bonds is 6. The summed E-state index contributed by atoms with van der Waals surface area (Å²) < 4.78 is 28.3. The maximum atomic E-state index is 13.4. The zero-order valence-electron chi connectivity index (χ0n) is 11.6. The fourth-order valence-corrected chi connectivity index (χ4v) is 2.16. The summed E-state index contributed by atoms with van der Waals surface area (Å²) in [6, 6.07) is 3.68. The van der Waals surface area contributed by atoms with Crippen LogP contribution >= 0.6 is 0 Å². The normalized spacial score (nSPS) is 12.6. The van der Waals surface area contributed by atoms with Gasteiger partial charge >= 0.3 is 0 Å². The third kappa shape index (κ3) is 3.01. The average Bonchev–Trinajstić information content (AvgIpc) is 2.88. The van der Waals surface area contributed by atoms with E-state index in [-0.39, 0.29) is 6.04 Å². The fourth-order valence-electron chi connectivity index (χ4n) is 2.16. The highest BCUT2D eigenvalue weighted by atomic mass is 19.2. The Balaban J connectivity index is 2.39. The summed E-state index contributed by atoms with van der Waals surface area (Å²) in [5.74, 6) is -1.69. The zero-order chi connectivity index (χ0) is 14.5. The minimum atomic E-state index is -0.847. The Morgan fingerprint density at radius 1 is 1.25 bits per heavy atom. The van der Waals surface area contributed by atoms with Crippen molar-refractivity contribution in [1.29, 1.82) is 0 Å². The molecule has 1 unspecified atom stereocenters. The van der Waals surface area contributed by atoms with Crippen molar-refractivity contribution in [3.05, 3.63) is 47.3 Å². The number of aryl methyl sites for hydroxylation is 1. The van der Waals surface area contributed by atoms with Crippen LogP contribution in [0, 0.1) is 11.6 Å². The van der Waals surface area contributed by atoms with Crippen molar-refractivity contribution in [2.75, 3.05) is 6.54 Å². The third-order valence-corrected chi connectivity index (χ3v) is 3.06. The molecule has 1 atom stereocenters. The van der Waals surface area contributed by atoms with Gasteiger partial charge in [-0.25, -0.2) is 13.5 Å². The molecule has 108 valence electrons. The van der Waals surface area contributed by atoms with Crippen molar-refractivity contribution in [2.24, 2.45) is 0 Å². The molecule has 0 bridgehead atoms. The van der Waals surface area contributed by atoms with Crippen LogP contribution in [0.1, 0.15) is 37.6 Å². The molecule has 6 heteroatoms. The number of hydrogen-bond acceptors (Lipinski definition) is 3. The van der Waals surface area contributed by atoms with Crippen molar-refractivity contribution >= 4 is 0 Å². The Hall–Kier alpha value is -1.82. The highest BCUT2D eigenvalue weighted by Crippen LogP contribution is 2.23. The van der Waals surface area contributed by atoms with Crippen molar-refractivity contribution in [2.45, 2.75) is 32.9 Å². The van der Waals surface area contributed by atoms with Gasteiger partial charge in [-0.3, -0.25) is 0 Å². The lowest BCUT2D eigenvalue weighted by Gasteiger charge is -2.19. The quantitative estimate of drug-likeness (QED) is 0.884. The number of aromatic nitrogens is 3. The highest BCUT2D eigenvalue weighted by molar-refractivity contribution is 5.28. The van der Waals surface area contributed by atoms with Crippen LogP contribution in [0.25, 0.3) is 0 Å². The predicted molar refractivity (Wildman–Crippen MR) is 72.2 cm³/mol. The summed E-state index contributed by atoms with van der Waals surface area (Å²) in [6.45, 7) is 5.44. The molecular formula is C14H18F2N4. The molecule has 0 aliphatic carbocycles. The molecule has 0 spiro atoms. The molecule has 0 aliphatic rings. The summed E-state index contributed by atoms with van der Waals surface area (Å²) in [5, 5.41) is 11.2. The molecule has 1 N–H and O–H groups in total. The summed E-state index contributed by atoms with van der Waals surface area (Å²) in [6.07, 6.45) is 2.58. The summed E-state index contributed by atoms with van der Waals surface area (Å²) in [5.41, 5.74) is 1.50. The van der Waals surface area contributed by atoms with Gasteiger partial charge in [0.15, 0.2) is 11.6 Å². The van der Waals surface area contributed by atoms with Crippen molar-refractivity contribution in [3.8, 4) is 0 Å². The molecule has 0 amide bonds. The molecule has 1 heterocycles. The summed E-state index contributed by atoms with van der Waals surface area (Å²) in [4.78, 5) is 0. The van der Waals surface area contributed by atoms with Gasteiger partial charge in [-0.2, -0.15) is 0 Å². The van der Waals surface area contributed by atoms with Gasteiger partial charge in [0, 0.05) is 6.54 Å². The molecule has 0 radical (unpaired) electrons. The minimum absolute atomic E-state index is 0.253.